The van der Waals surface area contributed by atoms with Crippen LogP contribution >= 0.6 is 0 Å². The maximum Gasteiger partial charge on any atom is 0.338 e. The zero-order valence-electron chi connectivity index (χ0n) is 16.0. The van der Waals surface area contributed by atoms with E-state index in [4.69, 9.17) is 14.2 Å². The summed E-state index contributed by atoms with van der Waals surface area (Å²) >= 11 is 0. The SMILES string of the molecule is CCOc1cc(C2C(C(=O)OC(C)C)=C(C)Nc3nnnn32)ccc1OC. The number of aromatic nitrogens is 4. The van der Waals surface area contributed by atoms with Gasteiger partial charge in [0.2, 0.25) is 5.95 Å². The lowest BCUT2D eigenvalue weighted by atomic mass is 9.95. The van der Waals surface area contributed by atoms with Crippen LogP contribution in [0.25, 0.3) is 0 Å². The van der Waals surface area contributed by atoms with Crippen molar-refractivity contribution in [1.82, 2.24) is 20.2 Å². The highest BCUT2D eigenvalue weighted by atomic mass is 16.5. The molecule has 0 saturated carbocycles. The van der Waals surface area contributed by atoms with Gasteiger partial charge in [-0.1, -0.05) is 11.2 Å². The molecule has 0 fully saturated rings. The lowest BCUT2D eigenvalue weighted by Crippen LogP contribution is -2.30. The van der Waals surface area contributed by atoms with Crippen molar-refractivity contribution < 1.29 is 19.0 Å². The van der Waals surface area contributed by atoms with Crippen LogP contribution in [0.15, 0.2) is 29.5 Å². The maximum atomic E-state index is 12.8. The summed E-state index contributed by atoms with van der Waals surface area (Å²) < 4.78 is 18.0. The molecule has 27 heavy (non-hydrogen) atoms. The zero-order valence-corrected chi connectivity index (χ0v) is 16.0. The van der Waals surface area contributed by atoms with Gasteiger partial charge >= 0.3 is 5.97 Å². The molecule has 1 aliphatic heterocycles. The van der Waals surface area contributed by atoms with Gasteiger partial charge < -0.3 is 19.5 Å². The second-order valence-electron chi connectivity index (χ2n) is 6.31. The van der Waals surface area contributed by atoms with Crippen LogP contribution in [-0.4, -0.2) is 46.0 Å². The van der Waals surface area contributed by atoms with Gasteiger partial charge in [-0.05, 0) is 55.8 Å². The fourth-order valence-electron chi connectivity index (χ4n) is 2.99. The summed E-state index contributed by atoms with van der Waals surface area (Å²) in [4.78, 5) is 12.8. The first-order valence-corrected chi connectivity index (χ1v) is 8.73. The first-order valence-electron chi connectivity index (χ1n) is 8.73. The van der Waals surface area contributed by atoms with E-state index in [0.29, 0.717) is 35.3 Å². The summed E-state index contributed by atoms with van der Waals surface area (Å²) in [5, 5.41) is 14.8. The number of benzene rings is 1. The van der Waals surface area contributed by atoms with Crippen LogP contribution in [0.5, 0.6) is 11.5 Å². The Bertz CT molecular complexity index is 874. The molecule has 1 unspecified atom stereocenters. The highest BCUT2D eigenvalue weighted by Gasteiger charge is 2.35. The summed E-state index contributed by atoms with van der Waals surface area (Å²) in [6, 6.07) is 4.94. The Morgan fingerprint density at radius 2 is 2.11 bits per heavy atom. The van der Waals surface area contributed by atoms with Gasteiger partial charge in [0, 0.05) is 5.70 Å². The largest absolute Gasteiger partial charge is 0.493 e. The number of methoxy groups -OCH3 is 1. The highest BCUT2D eigenvalue weighted by Crippen LogP contribution is 2.38. The average Bonchev–Trinajstić information content (AvgIpc) is 3.08. The number of tetrazole rings is 1. The zero-order chi connectivity index (χ0) is 19.6. The summed E-state index contributed by atoms with van der Waals surface area (Å²) in [7, 11) is 1.58. The summed E-state index contributed by atoms with van der Waals surface area (Å²) in [5.41, 5.74) is 1.86. The molecule has 9 nitrogen and oxygen atoms in total. The number of nitrogens with zero attached hydrogens (tertiary/aromatic N) is 4. The van der Waals surface area contributed by atoms with Crippen molar-refractivity contribution >= 4 is 11.9 Å². The van der Waals surface area contributed by atoms with Crippen molar-refractivity contribution in [3.8, 4) is 11.5 Å². The highest BCUT2D eigenvalue weighted by molar-refractivity contribution is 5.92. The number of carbonyl (C=O) groups is 1. The Labute approximate surface area is 157 Å². The van der Waals surface area contributed by atoms with Crippen molar-refractivity contribution in [1.29, 1.82) is 0 Å². The normalized spacial score (nSPS) is 16.0. The van der Waals surface area contributed by atoms with Gasteiger partial charge in [-0.2, -0.15) is 4.68 Å². The first kappa shape index (κ1) is 18.7. The van der Waals surface area contributed by atoms with E-state index in [2.05, 4.69) is 20.8 Å². The van der Waals surface area contributed by atoms with E-state index < -0.39 is 12.0 Å². The molecule has 9 heteroatoms. The summed E-state index contributed by atoms with van der Waals surface area (Å²) in [6.07, 6.45) is -0.247. The van der Waals surface area contributed by atoms with Gasteiger partial charge in [-0.3, -0.25) is 0 Å². The Balaban J connectivity index is 2.12. The molecule has 1 aromatic heterocycles. The van der Waals surface area contributed by atoms with Gasteiger partial charge in [0.15, 0.2) is 11.5 Å². The number of esters is 1. The monoisotopic (exact) mass is 373 g/mol. The second kappa shape index (κ2) is 7.65. The Morgan fingerprint density at radius 1 is 1.33 bits per heavy atom. The predicted octanol–water partition coefficient (Wildman–Crippen LogP) is 2.32. The van der Waals surface area contributed by atoms with E-state index in [1.54, 1.807) is 24.8 Å². The molecule has 0 aliphatic carbocycles. The number of hydrogen-bond donors (Lipinski definition) is 1. The molecule has 0 saturated heterocycles. The Hall–Kier alpha value is -3.10. The number of ether oxygens (including phenoxy) is 3. The molecule has 0 spiro atoms. The van der Waals surface area contributed by atoms with E-state index in [9.17, 15) is 4.79 Å². The summed E-state index contributed by atoms with van der Waals surface area (Å²) in [5.74, 6) is 1.22. The fourth-order valence-corrected chi connectivity index (χ4v) is 2.99. The molecule has 0 bridgehead atoms. The third-order valence-corrected chi connectivity index (χ3v) is 4.08. The van der Waals surface area contributed by atoms with Crippen molar-refractivity contribution in [2.75, 3.05) is 19.0 Å². The fraction of sp³-hybridized carbons (Fsp3) is 0.444. The Kier molecular flexibility index (Phi) is 5.29. The van der Waals surface area contributed by atoms with E-state index in [0.717, 1.165) is 5.56 Å². The number of hydrogen-bond acceptors (Lipinski definition) is 8. The van der Waals surface area contributed by atoms with Gasteiger partial charge in [-0.25, -0.2) is 4.79 Å². The molecule has 2 aromatic rings. The molecule has 1 atom stereocenters. The van der Waals surface area contributed by atoms with Crippen molar-refractivity contribution in [3.05, 3.63) is 35.0 Å². The van der Waals surface area contributed by atoms with Crippen LogP contribution in [0.2, 0.25) is 0 Å². The molecule has 1 aliphatic rings. The van der Waals surface area contributed by atoms with Crippen LogP contribution in [0.4, 0.5) is 5.95 Å². The van der Waals surface area contributed by atoms with E-state index in [-0.39, 0.29) is 6.10 Å². The molecule has 3 rings (SSSR count). The number of carbonyl (C=O) groups excluding carboxylic acids is 1. The molecular formula is C18H23N5O4. The van der Waals surface area contributed by atoms with Crippen molar-refractivity contribution in [2.45, 2.75) is 39.8 Å². The number of rotatable bonds is 6. The van der Waals surface area contributed by atoms with Crippen LogP contribution in [0, 0.1) is 0 Å². The van der Waals surface area contributed by atoms with E-state index in [1.807, 2.05) is 32.9 Å². The van der Waals surface area contributed by atoms with Gasteiger partial charge in [0.05, 0.1) is 25.4 Å². The Morgan fingerprint density at radius 3 is 2.78 bits per heavy atom. The van der Waals surface area contributed by atoms with Crippen LogP contribution < -0.4 is 14.8 Å². The quantitative estimate of drug-likeness (QED) is 0.770. The van der Waals surface area contributed by atoms with Crippen LogP contribution in [0.1, 0.15) is 39.3 Å². The molecule has 1 aromatic carbocycles. The molecule has 144 valence electrons. The average molecular weight is 373 g/mol. The minimum absolute atomic E-state index is 0.247. The smallest absolute Gasteiger partial charge is 0.338 e. The van der Waals surface area contributed by atoms with Crippen molar-refractivity contribution in [3.63, 3.8) is 0 Å². The third kappa shape index (κ3) is 3.57. The number of allylic oxidation sites excluding steroid dienone is 1. The van der Waals surface area contributed by atoms with E-state index in [1.165, 1.54) is 0 Å². The van der Waals surface area contributed by atoms with Crippen LogP contribution in [0.3, 0.4) is 0 Å². The van der Waals surface area contributed by atoms with Crippen LogP contribution in [-0.2, 0) is 9.53 Å². The number of nitrogens with one attached hydrogen (secondary N) is 1. The number of fused-ring (bicyclic) bond motifs is 1. The van der Waals surface area contributed by atoms with Gasteiger partial charge in [0.25, 0.3) is 0 Å². The molecule has 1 N–H and O–H groups in total. The second-order valence-corrected chi connectivity index (χ2v) is 6.31. The van der Waals surface area contributed by atoms with Gasteiger partial charge in [-0.15, -0.1) is 0 Å². The maximum absolute atomic E-state index is 12.8. The standard InChI is InChI=1S/C18H23N5O4/c1-6-26-14-9-12(7-8-13(14)25-5)16-15(17(24)27-10(2)3)11(4)19-18-20-21-22-23(16)18/h7-10,16H,6H2,1-5H3,(H,19,20,22). The molecule has 0 amide bonds. The summed E-state index contributed by atoms with van der Waals surface area (Å²) in [6.45, 7) is 7.80. The van der Waals surface area contributed by atoms with E-state index >= 15 is 0 Å². The lowest BCUT2D eigenvalue weighted by molar-refractivity contribution is -0.143. The lowest BCUT2D eigenvalue weighted by Gasteiger charge is -2.28. The third-order valence-electron chi connectivity index (χ3n) is 4.08. The van der Waals surface area contributed by atoms with Gasteiger partial charge in [0.1, 0.15) is 6.04 Å². The molecule has 2 heterocycles. The molecule has 0 radical (unpaired) electrons. The van der Waals surface area contributed by atoms with Crippen molar-refractivity contribution in [2.24, 2.45) is 0 Å². The first-order chi connectivity index (χ1) is 13.0. The number of anilines is 1. The minimum Gasteiger partial charge on any atom is -0.493 e. The minimum atomic E-state index is -0.549. The topological polar surface area (TPSA) is 100 Å². The predicted molar refractivity (Wildman–Crippen MR) is 97.7 cm³/mol. The molecular weight excluding hydrogens is 350 g/mol.